The molecule has 5 rings (SSSR count). The largest absolute Gasteiger partial charge is 0.367 e. The van der Waals surface area contributed by atoms with Crippen molar-refractivity contribution < 1.29 is 4.39 Å². The summed E-state index contributed by atoms with van der Waals surface area (Å²) >= 11 is 1.92. The Kier molecular flexibility index (Phi) is 4.17. The summed E-state index contributed by atoms with van der Waals surface area (Å²) in [6.45, 7) is 3.48. The summed E-state index contributed by atoms with van der Waals surface area (Å²) in [5.41, 5.74) is 3.67. The van der Waals surface area contributed by atoms with Gasteiger partial charge in [0.25, 0.3) is 0 Å². The zero-order valence-electron chi connectivity index (χ0n) is 14.7. The number of hydrogen-bond donors (Lipinski definition) is 1. The van der Waals surface area contributed by atoms with E-state index in [0.29, 0.717) is 0 Å². The zero-order chi connectivity index (χ0) is 17.5. The van der Waals surface area contributed by atoms with E-state index in [1.807, 2.05) is 29.8 Å². The normalized spacial score (nSPS) is 22.7. The lowest BCUT2D eigenvalue weighted by atomic mass is 9.93. The molecule has 1 aromatic heterocycles. The van der Waals surface area contributed by atoms with Gasteiger partial charge in [-0.05, 0) is 43.4 Å². The van der Waals surface area contributed by atoms with Crippen molar-refractivity contribution in [1.29, 1.82) is 0 Å². The van der Waals surface area contributed by atoms with Gasteiger partial charge in [0.2, 0.25) is 0 Å². The molecule has 4 nitrogen and oxygen atoms in total. The number of anilines is 2. The SMILES string of the molecule is Fc1ccccc1N1CCN(C2N=CNc3sc4c(c32)CCCC4)CC1. The van der Waals surface area contributed by atoms with Crippen LogP contribution in [0.1, 0.15) is 35.0 Å². The number of nitrogens with zero attached hydrogens (tertiary/aromatic N) is 3. The second-order valence-corrected chi connectivity index (χ2v) is 8.33. The molecule has 0 radical (unpaired) electrons. The molecule has 1 unspecified atom stereocenters. The molecule has 3 heterocycles. The number of piperazine rings is 1. The van der Waals surface area contributed by atoms with E-state index in [1.54, 1.807) is 22.6 Å². The maximum absolute atomic E-state index is 14.1. The van der Waals surface area contributed by atoms with Gasteiger partial charge < -0.3 is 10.2 Å². The van der Waals surface area contributed by atoms with Crippen LogP contribution < -0.4 is 10.2 Å². The smallest absolute Gasteiger partial charge is 0.146 e. The van der Waals surface area contributed by atoms with Gasteiger partial charge in [-0.1, -0.05) is 12.1 Å². The average molecular weight is 370 g/mol. The molecule has 1 saturated heterocycles. The summed E-state index contributed by atoms with van der Waals surface area (Å²) < 4.78 is 14.1. The fourth-order valence-electron chi connectivity index (χ4n) is 4.40. The molecule has 1 atom stereocenters. The third-order valence-corrected chi connectivity index (χ3v) is 6.97. The Morgan fingerprint density at radius 3 is 2.73 bits per heavy atom. The number of thiophene rings is 1. The summed E-state index contributed by atoms with van der Waals surface area (Å²) in [5, 5.41) is 4.66. The van der Waals surface area contributed by atoms with Crippen LogP contribution in [0.25, 0.3) is 0 Å². The van der Waals surface area contributed by atoms with Crippen LogP contribution in [0.2, 0.25) is 0 Å². The number of aryl methyl sites for hydroxylation is 1. The van der Waals surface area contributed by atoms with Gasteiger partial charge >= 0.3 is 0 Å². The Hall–Kier alpha value is -1.92. The van der Waals surface area contributed by atoms with Gasteiger partial charge in [0.05, 0.1) is 12.0 Å². The van der Waals surface area contributed by atoms with Crippen molar-refractivity contribution in [3.63, 3.8) is 0 Å². The molecule has 2 aromatic rings. The molecule has 1 fully saturated rings. The quantitative estimate of drug-likeness (QED) is 0.866. The van der Waals surface area contributed by atoms with Crippen LogP contribution in [-0.2, 0) is 12.8 Å². The van der Waals surface area contributed by atoms with Crippen LogP contribution in [-0.4, -0.2) is 37.4 Å². The number of rotatable bonds is 2. The summed E-state index contributed by atoms with van der Waals surface area (Å²) in [5.74, 6) is -0.130. The molecular weight excluding hydrogens is 347 g/mol. The van der Waals surface area contributed by atoms with Crippen molar-refractivity contribution in [3.8, 4) is 0 Å². The Morgan fingerprint density at radius 2 is 1.88 bits per heavy atom. The van der Waals surface area contributed by atoms with E-state index in [9.17, 15) is 4.39 Å². The van der Waals surface area contributed by atoms with Crippen LogP contribution in [0.15, 0.2) is 29.3 Å². The Balaban J connectivity index is 1.36. The molecular formula is C20H23FN4S. The molecule has 6 heteroatoms. The predicted molar refractivity (Wildman–Crippen MR) is 106 cm³/mol. The molecule has 0 spiro atoms. The maximum atomic E-state index is 14.1. The Bertz CT molecular complexity index is 838. The lowest BCUT2D eigenvalue weighted by Crippen LogP contribution is -2.48. The molecule has 3 aliphatic rings. The van der Waals surface area contributed by atoms with Gasteiger partial charge in [-0.3, -0.25) is 9.89 Å². The lowest BCUT2D eigenvalue weighted by Gasteiger charge is -2.40. The first-order valence-corrected chi connectivity index (χ1v) is 10.3. The molecule has 1 N–H and O–H groups in total. The maximum Gasteiger partial charge on any atom is 0.146 e. The van der Waals surface area contributed by atoms with Gasteiger partial charge in [-0.25, -0.2) is 4.39 Å². The highest BCUT2D eigenvalue weighted by Crippen LogP contribution is 2.44. The van der Waals surface area contributed by atoms with Gasteiger partial charge in [-0.15, -0.1) is 11.3 Å². The topological polar surface area (TPSA) is 30.9 Å². The van der Waals surface area contributed by atoms with E-state index < -0.39 is 0 Å². The number of hydrogen-bond acceptors (Lipinski definition) is 5. The molecule has 0 bridgehead atoms. The van der Waals surface area contributed by atoms with Crippen LogP contribution in [0.5, 0.6) is 0 Å². The van der Waals surface area contributed by atoms with Crippen molar-refractivity contribution in [2.75, 3.05) is 36.4 Å². The van der Waals surface area contributed by atoms with Crippen molar-refractivity contribution in [1.82, 2.24) is 4.90 Å². The van der Waals surface area contributed by atoms with Crippen LogP contribution in [0.4, 0.5) is 15.1 Å². The van der Waals surface area contributed by atoms with Crippen molar-refractivity contribution in [3.05, 3.63) is 46.1 Å². The number of fused-ring (bicyclic) bond motifs is 3. The number of benzene rings is 1. The van der Waals surface area contributed by atoms with E-state index in [2.05, 4.69) is 15.1 Å². The summed E-state index contributed by atoms with van der Waals surface area (Å²) in [6, 6.07) is 7.08. The van der Waals surface area contributed by atoms with Crippen LogP contribution in [0, 0.1) is 5.82 Å². The monoisotopic (exact) mass is 370 g/mol. The van der Waals surface area contributed by atoms with E-state index in [-0.39, 0.29) is 12.0 Å². The van der Waals surface area contributed by atoms with E-state index in [0.717, 1.165) is 31.9 Å². The second kappa shape index (κ2) is 6.67. The summed E-state index contributed by atoms with van der Waals surface area (Å²) in [7, 11) is 0. The van der Waals surface area contributed by atoms with E-state index in [1.165, 1.54) is 36.2 Å². The van der Waals surface area contributed by atoms with Crippen LogP contribution >= 0.6 is 11.3 Å². The first-order chi connectivity index (χ1) is 12.8. The zero-order valence-corrected chi connectivity index (χ0v) is 15.6. The molecule has 0 saturated carbocycles. The van der Waals surface area contributed by atoms with E-state index >= 15 is 0 Å². The van der Waals surface area contributed by atoms with Crippen molar-refractivity contribution in [2.24, 2.45) is 4.99 Å². The fourth-order valence-corrected chi connectivity index (χ4v) is 5.68. The predicted octanol–water partition coefficient (Wildman–Crippen LogP) is 4.04. The van der Waals surface area contributed by atoms with Crippen molar-refractivity contribution in [2.45, 2.75) is 31.8 Å². The first-order valence-electron chi connectivity index (χ1n) is 9.47. The number of aliphatic imine (C=N–C) groups is 1. The Labute approximate surface area is 157 Å². The first kappa shape index (κ1) is 16.3. The van der Waals surface area contributed by atoms with E-state index in [4.69, 9.17) is 4.99 Å². The number of halogens is 1. The Morgan fingerprint density at radius 1 is 1.08 bits per heavy atom. The molecule has 2 aliphatic heterocycles. The van der Waals surface area contributed by atoms with Gasteiger partial charge in [0.15, 0.2) is 0 Å². The standard InChI is InChI=1S/C20H23FN4S/c21-15-6-2-3-7-16(15)24-9-11-25(12-10-24)19-18-14-5-1-4-8-17(14)26-20(18)23-13-22-19/h2-3,6-7,13,19H,1,4-5,8-12H2,(H,22,23). The van der Waals surface area contributed by atoms with Gasteiger partial charge in [0.1, 0.15) is 17.0 Å². The molecule has 26 heavy (non-hydrogen) atoms. The highest BCUT2D eigenvalue weighted by molar-refractivity contribution is 7.16. The van der Waals surface area contributed by atoms with Gasteiger partial charge in [0, 0.05) is 36.6 Å². The summed E-state index contributed by atoms with van der Waals surface area (Å²) in [4.78, 5) is 11.0. The van der Waals surface area contributed by atoms with Crippen LogP contribution in [0.3, 0.4) is 0 Å². The minimum Gasteiger partial charge on any atom is -0.367 e. The minimum absolute atomic E-state index is 0.118. The third-order valence-electron chi connectivity index (χ3n) is 5.74. The highest BCUT2D eigenvalue weighted by atomic mass is 32.1. The number of nitrogens with one attached hydrogen (secondary N) is 1. The van der Waals surface area contributed by atoms with Crippen molar-refractivity contribution >= 4 is 28.4 Å². The molecule has 1 aliphatic carbocycles. The fraction of sp³-hybridized carbons (Fsp3) is 0.450. The second-order valence-electron chi connectivity index (χ2n) is 7.22. The average Bonchev–Trinajstić information content (AvgIpc) is 3.07. The minimum atomic E-state index is -0.130. The molecule has 1 aromatic carbocycles. The molecule has 136 valence electrons. The summed E-state index contributed by atoms with van der Waals surface area (Å²) in [6.07, 6.45) is 6.96. The molecule has 0 amide bonds. The lowest BCUT2D eigenvalue weighted by molar-refractivity contribution is 0.190. The third kappa shape index (κ3) is 2.72. The highest BCUT2D eigenvalue weighted by Gasteiger charge is 2.33. The van der Waals surface area contributed by atoms with Gasteiger partial charge in [-0.2, -0.15) is 0 Å². The number of para-hydroxylation sites is 1.